The lowest BCUT2D eigenvalue weighted by molar-refractivity contribution is 0.0579. The summed E-state index contributed by atoms with van der Waals surface area (Å²) >= 11 is 0. The van der Waals surface area contributed by atoms with E-state index in [1.807, 2.05) is 26.0 Å². The van der Waals surface area contributed by atoms with Crippen LogP contribution in [0.1, 0.15) is 35.3 Å². The molecule has 0 aliphatic carbocycles. The van der Waals surface area contributed by atoms with Crippen molar-refractivity contribution in [3.63, 3.8) is 0 Å². The number of furan rings is 1. The van der Waals surface area contributed by atoms with E-state index in [-0.39, 0.29) is 12.6 Å². The third-order valence-corrected chi connectivity index (χ3v) is 3.64. The van der Waals surface area contributed by atoms with Gasteiger partial charge in [0.2, 0.25) is 0 Å². The first-order valence-corrected chi connectivity index (χ1v) is 7.51. The largest absolute Gasteiger partial charge is 0.466 e. The summed E-state index contributed by atoms with van der Waals surface area (Å²) in [5.74, 6) is 1.38. The Morgan fingerprint density at radius 1 is 1.30 bits per heavy atom. The van der Waals surface area contributed by atoms with Gasteiger partial charge in [-0.2, -0.15) is 0 Å². The monoisotopic (exact) mass is 317 g/mol. The van der Waals surface area contributed by atoms with Gasteiger partial charge in [0, 0.05) is 24.0 Å². The highest BCUT2D eigenvalue weighted by atomic mass is 16.3. The van der Waals surface area contributed by atoms with Crippen LogP contribution in [-0.4, -0.2) is 22.7 Å². The van der Waals surface area contributed by atoms with Crippen molar-refractivity contribution in [1.82, 2.24) is 15.6 Å². The number of hydrogen-bond donors (Lipinski definition) is 3. The smallest absolute Gasteiger partial charge is 0.315 e. The van der Waals surface area contributed by atoms with E-state index in [1.54, 1.807) is 26.1 Å². The number of aromatic nitrogens is 1. The zero-order valence-corrected chi connectivity index (χ0v) is 13.9. The molecule has 2 aromatic heterocycles. The Morgan fingerprint density at radius 3 is 2.61 bits per heavy atom. The summed E-state index contributed by atoms with van der Waals surface area (Å²) < 4.78 is 5.43. The van der Waals surface area contributed by atoms with Crippen LogP contribution in [0.3, 0.4) is 0 Å². The Hall–Kier alpha value is -2.34. The minimum atomic E-state index is -1.19. The molecule has 124 valence electrons. The number of hydrogen-bond acceptors (Lipinski definition) is 4. The van der Waals surface area contributed by atoms with Gasteiger partial charge in [0.1, 0.15) is 17.1 Å². The molecule has 0 radical (unpaired) electrons. The van der Waals surface area contributed by atoms with Crippen molar-refractivity contribution < 1.29 is 14.3 Å². The van der Waals surface area contributed by atoms with Crippen LogP contribution < -0.4 is 10.6 Å². The number of carbonyl (C=O) groups is 1. The number of nitrogens with one attached hydrogen (secondary N) is 2. The lowest BCUT2D eigenvalue weighted by atomic mass is 9.96. The molecule has 2 aromatic rings. The van der Waals surface area contributed by atoms with Crippen molar-refractivity contribution in [1.29, 1.82) is 0 Å². The quantitative estimate of drug-likeness (QED) is 0.789. The molecule has 0 bridgehead atoms. The first-order chi connectivity index (χ1) is 10.8. The van der Waals surface area contributed by atoms with Crippen molar-refractivity contribution in [2.75, 3.05) is 6.54 Å². The average molecular weight is 317 g/mol. The number of urea groups is 1. The van der Waals surface area contributed by atoms with Crippen LogP contribution in [0, 0.1) is 20.8 Å². The van der Waals surface area contributed by atoms with Crippen LogP contribution in [-0.2, 0) is 12.1 Å². The van der Waals surface area contributed by atoms with Gasteiger partial charge < -0.3 is 20.2 Å². The second-order valence-corrected chi connectivity index (χ2v) is 5.94. The third-order valence-electron chi connectivity index (χ3n) is 3.64. The summed E-state index contributed by atoms with van der Waals surface area (Å²) in [4.78, 5) is 16.0. The lowest BCUT2D eigenvalue weighted by Gasteiger charge is -2.23. The van der Waals surface area contributed by atoms with E-state index in [1.165, 1.54) is 0 Å². The molecule has 0 unspecified atom stereocenters. The number of rotatable bonds is 5. The molecule has 0 aromatic carbocycles. The molecule has 2 amide bonds. The predicted molar refractivity (Wildman–Crippen MR) is 87.0 cm³/mol. The lowest BCUT2D eigenvalue weighted by Crippen LogP contribution is -2.43. The number of pyridine rings is 1. The fourth-order valence-corrected chi connectivity index (χ4v) is 2.36. The molecule has 0 aliphatic heterocycles. The Labute approximate surface area is 135 Å². The van der Waals surface area contributed by atoms with Gasteiger partial charge >= 0.3 is 6.03 Å². The van der Waals surface area contributed by atoms with Crippen LogP contribution >= 0.6 is 0 Å². The van der Waals surface area contributed by atoms with Crippen molar-refractivity contribution in [2.45, 2.75) is 39.8 Å². The van der Waals surface area contributed by atoms with Crippen LogP contribution in [0.5, 0.6) is 0 Å². The van der Waals surface area contributed by atoms with Gasteiger partial charge in [0.05, 0.1) is 6.54 Å². The first-order valence-electron chi connectivity index (χ1n) is 7.51. The highest BCUT2D eigenvalue weighted by Gasteiger charge is 2.28. The molecule has 6 heteroatoms. The topological polar surface area (TPSA) is 87.4 Å². The van der Waals surface area contributed by atoms with E-state index in [2.05, 4.69) is 15.6 Å². The summed E-state index contributed by atoms with van der Waals surface area (Å²) in [6, 6.07) is 5.25. The Kier molecular flexibility index (Phi) is 5.05. The molecule has 0 spiro atoms. The van der Waals surface area contributed by atoms with Crippen LogP contribution in [0.2, 0.25) is 0 Å². The van der Waals surface area contributed by atoms with Crippen molar-refractivity contribution in [3.05, 3.63) is 52.7 Å². The highest BCUT2D eigenvalue weighted by Crippen LogP contribution is 2.26. The molecule has 0 saturated heterocycles. The zero-order valence-electron chi connectivity index (χ0n) is 13.9. The Balaban J connectivity index is 1.86. The van der Waals surface area contributed by atoms with Gasteiger partial charge in [-0.15, -0.1) is 0 Å². The molecule has 3 N–H and O–H groups in total. The van der Waals surface area contributed by atoms with Gasteiger partial charge in [-0.25, -0.2) is 4.79 Å². The fourth-order valence-electron chi connectivity index (χ4n) is 2.36. The van der Waals surface area contributed by atoms with E-state index in [9.17, 15) is 9.90 Å². The van der Waals surface area contributed by atoms with Gasteiger partial charge in [-0.05, 0) is 45.4 Å². The molecule has 23 heavy (non-hydrogen) atoms. The van der Waals surface area contributed by atoms with Gasteiger partial charge in [-0.3, -0.25) is 4.98 Å². The molecule has 6 nitrogen and oxygen atoms in total. The number of aliphatic hydroxyl groups is 1. The highest BCUT2D eigenvalue weighted by molar-refractivity contribution is 5.73. The Morgan fingerprint density at radius 2 is 2.04 bits per heavy atom. The van der Waals surface area contributed by atoms with Crippen LogP contribution in [0.4, 0.5) is 4.79 Å². The van der Waals surface area contributed by atoms with Crippen molar-refractivity contribution >= 4 is 6.03 Å². The summed E-state index contributed by atoms with van der Waals surface area (Å²) in [5, 5.41) is 15.9. The second-order valence-electron chi connectivity index (χ2n) is 5.94. The maximum Gasteiger partial charge on any atom is 0.315 e. The maximum atomic E-state index is 11.9. The summed E-state index contributed by atoms with van der Waals surface area (Å²) in [6.07, 6.45) is 1.73. The molecule has 2 heterocycles. The van der Waals surface area contributed by atoms with Gasteiger partial charge in [0.15, 0.2) is 0 Å². The number of amides is 2. The molecule has 0 saturated carbocycles. The minimum Gasteiger partial charge on any atom is -0.466 e. The first kappa shape index (κ1) is 17.0. The van der Waals surface area contributed by atoms with E-state index >= 15 is 0 Å². The van der Waals surface area contributed by atoms with E-state index < -0.39 is 5.60 Å². The number of carbonyl (C=O) groups excluding carboxylic acids is 1. The normalized spacial score (nSPS) is 13.4. The molecule has 2 rings (SSSR count). The van der Waals surface area contributed by atoms with Crippen molar-refractivity contribution in [3.8, 4) is 0 Å². The van der Waals surface area contributed by atoms with Crippen LogP contribution in [0.25, 0.3) is 0 Å². The third kappa shape index (κ3) is 4.56. The fraction of sp³-hybridized carbons (Fsp3) is 0.412. The minimum absolute atomic E-state index is 0.0881. The van der Waals surface area contributed by atoms with Crippen molar-refractivity contribution in [2.24, 2.45) is 0 Å². The van der Waals surface area contributed by atoms with Gasteiger partial charge in [-0.1, -0.05) is 6.07 Å². The summed E-state index contributed by atoms with van der Waals surface area (Å²) in [6.45, 7) is 7.64. The Bertz CT molecular complexity index is 675. The van der Waals surface area contributed by atoms with E-state index in [4.69, 9.17) is 4.42 Å². The molecular weight excluding hydrogens is 294 g/mol. The number of nitrogens with zero attached hydrogens (tertiary/aromatic N) is 1. The maximum absolute atomic E-state index is 11.9. The summed E-state index contributed by atoms with van der Waals surface area (Å²) in [5.41, 5.74) is 1.33. The molecule has 1 atom stereocenters. The van der Waals surface area contributed by atoms with E-state index in [0.717, 1.165) is 17.0 Å². The van der Waals surface area contributed by atoms with Gasteiger partial charge in [0.25, 0.3) is 0 Å². The van der Waals surface area contributed by atoms with Crippen LogP contribution in [0.15, 0.2) is 28.8 Å². The number of aryl methyl sites for hydroxylation is 3. The standard InChI is InChI=1S/C17H23N3O3/c1-11-5-6-14(8-18-11)9-19-16(21)20-10-17(4,22)15-7-12(2)23-13(15)3/h5-8,22H,9-10H2,1-4H3,(H2,19,20,21)/t17-/m0/s1. The summed E-state index contributed by atoms with van der Waals surface area (Å²) in [7, 11) is 0. The molecule has 0 aliphatic rings. The zero-order chi connectivity index (χ0) is 17.0. The SMILES string of the molecule is Cc1ccc(CNC(=O)NC[C@](C)(O)c2cc(C)oc2C)cn1. The molecular formula is C17H23N3O3. The molecule has 0 fully saturated rings. The second kappa shape index (κ2) is 6.83. The van der Waals surface area contributed by atoms with E-state index in [0.29, 0.717) is 17.9 Å². The predicted octanol–water partition coefficient (Wildman–Crippen LogP) is 2.31. The average Bonchev–Trinajstić information content (AvgIpc) is 2.84.